The lowest BCUT2D eigenvalue weighted by molar-refractivity contribution is 0.591. The standard InChI is InChI=1S/C8H7BrN2O2S/c9-5-7-1-3-8(4-2-7)14(12,13)11-6-10/h1-4,11H,5H2. The fourth-order valence-electron chi connectivity index (χ4n) is 0.877. The van der Waals surface area contributed by atoms with E-state index in [1.807, 2.05) is 0 Å². The first kappa shape index (κ1) is 11.0. The van der Waals surface area contributed by atoms with Crippen LogP contribution in [0, 0.1) is 11.5 Å². The Morgan fingerprint density at radius 2 is 1.93 bits per heavy atom. The van der Waals surface area contributed by atoms with Crippen LogP contribution in [-0.2, 0) is 15.4 Å². The first-order chi connectivity index (χ1) is 6.60. The van der Waals surface area contributed by atoms with Crippen molar-refractivity contribution >= 4 is 26.0 Å². The normalized spacial score (nSPS) is 10.6. The Morgan fingerprint density at radius 3 is 2.36 bits per heavy atom. The highest BCUT2D eigenvalue weighted by atomic mass is 79.9. The van der Waals surface area contributed by atoms with Crippen molar-refractivity contribution in [3.63, 3.8) is 0 Å². The Hall–Kier alpha value is -1.06. The van der Waals surface area contributed by atoms with E-state index in [0.29, 0.717) is 5.33 Å². The topological polar surface area (TPSA) is 70.0 Å². The summed E-state index contributed by atoms with van der Waals surface area (Å²) < 4.78 is 24.3. The maximum atomic E-state index is 11.3. The predicted molar refractivity (Wildman–Crippen MR) is 55.0 cm³/mol. The van der Waals surface area contributed by atoms with Crippen LogP contribution in [0.5, 0.6) is 0 Å². The highest BCUT2D eigenvalue weighted by Gasteiger charge is 2.11. The van der Waals surface area contributed by atoms with Gasteiger partial charge in [-0.05, 0) is 17.7 Å². The number of rotatable bonds is 3. The second-order valence-corrected chi connectivity index (χ2v) is 4.74. The Labute approximate surface area is 90.7 Å². The molecule has 1 N–H and O–H groups in total. The molecule has 0 unspecified atom stereocenters. The Kier molecular flexibility index (Phi) is 3.49. The van der Waals surface area contributed by atoms with Gasteiger partial charge in [0.2, 0.25) is 0 Å². The van der Waals surface area contributed by atoms with Crippen LogP contribution in [0.25, 0.3) is 0 Å². The van der Waals surface area contributed by atoms with E-state index in [1.165, 1.54) is 18.3 Å². The quantitative estimate of drug-likeness (QED) is 0.514. The van der Waals surface area contributed by atoms with Gasteiger partial charge in [0, 0.05) is 5.33 Å². The molecule has 0 saturated carbocycles. The van der Waals surface area contributed by atoms with Crippen LogP contribution in [0.4, 0.5) is 0 Å². The molecule has 1 aromatic rings. The molecule has 0 fully saturated rings. The maximum Gasteiger partial charge on any atom is 0.270 e. The zero-order valence-electron chi connectivity index (χ0n) is 7.07. The molecule has 6 heteroatoms. The highest BCUT2D eigenvalue weighted by Crippen LogP contribution is 2.11. The first-order valence-corrected chi connectivity index (χ1v) is 6.26. The molecule has 0 spiro atoms. The molecule has 0 aliphatic heterocycles. The Balaban J connectivity index is 3.05. The SMILES string of the molecule is N#CNS(=O)(=O)c1ccc(CBr)cc1. The third-order valence-corrected chi connectivity index (χ3v) is 3.47. The van der Waals surface area contributed by atoms with Gasteiger partial charge in [-0.2, -0.15) is 5.26 Å². The number of alkyl halides is 1. The maximum absolute atomic E-state index is 11.3. The third kappa shape index (κ3) is 2.47. The van der Waals surface area contributed by atoms with Gasteiger partial charge in [0.25, 0.3) is 10.0 Å². The molecule has 1 aromatic carbocycles. The fraction of sp³-hybridized carbons (Fsp3) is 0.125. The zero-order chi connectivity index (χ0) is 10.6. The van der Waals surface area contributed by atoms with Crippen molar-refractivity contribution in [3.05, 3.63) is 29.8 Å². The first-order valence-electron chi connectivity index (χ1n) is 3.66. The van der Waals surface area contributed by atoms with E-state index in [2.05, 4.69) is 15.9 Å². The van der Waals surface area contributed by atoms with E-state index in [1.54, 1.807) is 16.9 Å². The smallest absolute Gasteiger partial charge is 0.215 e. The number of hydrogen-bond acceptors (Lipinski definition) is 3. The summed E-state index contributed by atoms with van der Waals surface area (Å²) in [6.07, 6.45) is 1.39. The number of nitrogens with zero attached hydrogens (tertiary/aromatic N) is 1. The van der Waals surface area contributed by atoms with E-state index in [4.69, 9.17) is 5.26 Å². The number of sulfonamides is 1. The number of hydrogen-bond donors (Lipinski definition) is 1. The van der Waals surface area contributed by atoms with Crippen molar-refractivity contribution in [1.82, 2.24) is 4.72 Å². The van der Waals surface area contributed by atoms with Crippen molar-refractivity contribution in [2.45, 2.75) is 10.2 Å². The fourth-order valence-corrected chi connectivity index (χ4v) is 1.98. The monoisotopic (exact) mass is 274 g/mol. The molecule has 4 nitrogen and oxygen atoms in total. The summed E-state index contributed by atoms with van der Waals surface area (Å²) in [5, 5.41) is 8.88. The van der Waals surface area contributed by atoms with Crippen molar-refractivity contribution < 1.29 is 8.42 Å². The van der Waals surface area contributed by atoms with E-state index in [-0.39, 0.29) is 4.90 Å². The Bertz CT molecular complexity index is 447. The van der Waals surface area contributed by atoms with Crippen molar-refractivity contribution in [3.8, 4) is 6.19 Å². The van der Waals surface area contributed by atoms with Crippen LogP contribution in [0.2, 0.25) is 0 Å². The minimum absolute atomic E-state index is 0.0868. The summed E-state index contributed by atoms with van der Waals surface area (Å²) in [7, 11) is -3.66. The van der Waals surface area contributed by atoms with Crippen molar-refractivity contribution in [1.29, 1.82) is 5.26 Å². The molecule has 0 aliphatic rings. The van der Waals surface area contributed by atoms with Crippen LogP contribution in [-0.4, -0.2) is 8.42 Å². The molecule has 0 bridgehead atoms. The lowest BCUT2D eigenvalue weighted by Crippen LogP contribution is -2.17. The minimum atomic E-state index is -3.66. The zero-order valence-corrected chi connectivity index (χ0v) is 9.47. The van der Waals surface area contributed by atoms with Crippen LogP contribution in [0.3, 0.4) is 0 Å². The average molecular weight is 275 g/mol. The van der Waals surface area contributed by atoms with Gasteiger partial charge in [0.05, 0.1) is 4.90 Å². The molecule has 0 atom stereocenters. The number of halogens is 1. The molecule has 14 heavy (non-hydrogen) atoms. The molecule has 74 valence electrons. The predicted octanol–water partition coefficient (Wildman–Crippen LogP) is 1.34. The molecule has 0 radical (unpaired) electrons. The van der Waals surface area contributed by atoms with Gasteiger partial charge in [0.15, 0.2) is 6.19 Å². The lowest BCUT2D eigenvalue weighted by Gasteiger charge is -2.01. The van der Waals surface area contributed by atoms with Crippen molar-refractivity contribution in [2.24, 2.45) is 0 Å². The molecule has 0 aliphatic carbocycles. The molecule has 1 rings (SSSR count). The molecule has 0 heterocycles. The van der Waals surface area contributed by atoms with Crippen LogP contribution in [0.1, 0.15) is 5.56 Å². The number of nitrogens with one attached hydrogen (secondary N) is 1. The van der Waals surface area contributed by atoms with Gasteiger partial charge in [0.1, 0.15) is 0 Å². The van der Waals surface area contributed by atoms with Crippen LogP contribution < -0.4 is 4.72 Å². The third-order valence-electron chi connectivity index (χ3n) is 1.57. The van der Waals surface area contributed by atoms with E-state index < -0.39 is 10.0 Å². The Morgan fingerprint density at radius 1 is 1.36 bits per heavy atom. The summed E-state index contributed by atoms with van der Waals surface area (Å²) in [6, 6.07) is 6.27. The molecule has 0 aromatic heterocycles. The molecular weight excluding hydrogens is 268 g/mol. The van der Waals surface area contributed by atoms with Gasteiger partial charge < -0.3 is 0 Å². The van der Waals surface area contributed by atoms with E-state index in [0.717, 1.165) is 5.56 Å². The van der Waals surface area contributed by atoms with Gasteiger partial charge in [-0.15, -0.1) is 0 Å². The number of nitriles is 1. The second-order valence-electron chi connectivity index (χ2n) is 2.49. The number of benzene rings is 1. The van der Waals surface area contributed by atoms with Gasteiger partial charge in [-0.25, -0.2) is 13.1 Å². The largest absolute Gasteiger partial charge is 0.270 e. The van der Waals surface area contributed by atoms with Gasteiger partial charge in [-0.1, -0.05) is 28.1 Å². The summed E-state index contributed by atoms with van der Waals surface area (Å²) in [4.78, 5) is 0.0868. The highest BCUT2D eigenvalue weighted by molar-refractivity contribution is 9.08. The summed E-state index contributed by atoms with van der Waals surface area (Å²) >= 11 is 3.25. The summed E-state index contributed by atoms with van der Waals surface area (Å²) in [5.41, 5.74) is 0.973. The molecular formula is C8H7BrN2O2S. The average Bonchev–Trinajstić information content (AvgIpc) is 2.18. The van der Waals surface area contributed by atoms with Gasteiger partial charge in [-0.3, -0.25) is 0 Å². The van der Waals surface area contributed by atoms with Crippen LogP contribution >= 0.6 is 15.9 Å². The summed E-state index contributed by atoms with van der Waals surface area (Å²) in [5.74, 6) is 0. The van der Waals surface area contributed by atoms with E-state index in [9.17, 15) is 8.42 Å². The van der Waals surface area contributed by atoms with Gasteiger partial charge >= 0.3 is 0 Å². The minimum Gasteiger partial charge on any atom is -0.215 e. The van der Waals surface area contributed by atoms with Crippen LogP contribution in [0.15, 0.2) is 29.2 Å². The summed E-state index contributed by atoms with van der Waals surface area (Å²) in [6.45, 7) is 0. The van der Waals surface area contributed by atoms with E-state index >= 15 is 0 Å². The van der Waals surface area contributed by atoms with Crippen molar-refractivity contribution in [2.75, 3.05) is 0 Å². The molecule has 0 amide bonds. The molecule has 0 saturated heterocycles. The lowest BCUT2D eigenvalue weighted by atomic mass is 10.2. The second kappa shape index (κ2) is 4.44.